The molecule has 122 valence electrons. The summed E-state index contributed by atoms with van der Waals surface area (Å²) in [6.07, 6.45) is 3.19. The molecule has 0 N–H and O–H groups in total. The van der Waals surface area contributed by atoms with Gasteiger partial charge in [-0.3, -0.25) is 0 Å². The third kappa shape index (κ3) is 4.47. The first-order chi connectivity index (χ1) is 10.8. The Morgan fingerprint density at radius 1 is 0.826 bits per heavy atom. The third-order valence-electron chi connectivity index (χ3n) is 4.83. The van der Waals surface area contributed by atoms with Crippen molar-refractivity contribution < 1.29 is 21.2 Å². The van der Waals surface area contributed by atoms with E-state index in [0.29, 0.717) is 0 Å². The summed E-state index contributed by atoms with van der Waals surface area (Å²) in [5.41, 5.74) is 3.09. The summed E-state index contributed by atoms with van der Waals surface area (Å²) in [5, 5.41) is 0. The molecule has 0 bridgehead atoms. The number of rotatable bonds is 6. The first kappa shape index (κ1) is 18.3. The van der Waals surface area contributed by atoms with Crippen LogP contribution < -0.4 is 21.2 Å². The predicted octanol–water partition coefficient (Wildman–Crippen LogP) is 2.97. The van der Waals surface area contributed by atoms with Gasteiger partial charge in [-0.25, -0.2) is 0 Å². The van der Waals surface area contributed by atoms with E-state index in [4.69, 9.17) is 0 Å². The monoisotopic (exact) mass is 419 g/mol. The fraction of sp³-hybridized carbons (Fsp3) is 0.364. The summed E-state index contributed by atoms with van der Waals surface area (Å²) in [6.45, 7) is 15.2. The van der Waals surface area contributed by atoms with Crippen LogP contribution in [0.2, 0.25) is 0 Å². The second-order valence-electron chi connectivity index (χ2n) is 7.27. The van der Waals surface area contributed by atoms with Crippen LogP contribution in [0.5, 0.6) is 0 Å². The molecule has 0 aliphatic carbocycles. The van der Waals surface area contributed by atoms with Gasteiger partial charge in [0, 0.05) is 5.41 Å². The number of halogens is 1. The minimum Gasteiger partial charge on any atom is -0.102 e. The van der Waals surface area contributed by atoms with Crippen molar-refractivity contribution in [2.45, 2.75) is 51.9 Å². The zero-order chi connectivity index (χ0) is 17.1. The van der Waals surface area contributed by atoms with Gasteiger partial charge in [-0.05, 0) is 47.2 Å². The summed E-state index contributed by atoms with van der Waals surface area (Å²) >= 11 is -0.105. The predicted molar refractivity (Wildman–Crippen MR) is 96.8 cm³/mol. The van der Waals surface area contributed by atoms with Gasteiger partial charge in [-0.1, -0.05) is 65.0 Å². The first-order valence-corrected chi connectivity index (χ1v) is 10.4. The number of hydrogen-bond acceptors (Lipinski definition) is 0. The lowest BCUT2D eigenvalue weighted by Gasteiger charge is -2.22. The third-order valence-corrected chi connectivity index (χ3v) is 7.51. The lowest BCUT2D eigenvalue weighted by Crippen LogP contribution is -3.61. The molecule has 0 heterocycles. The molecule has 0 saturated heterocycles. The van der Waals surface area contributed by atoms with Gasteiger partial charge >= 0.3 is 21.2 Å². The highest BCUT2D eigenvalue weighted by molar-refractivity contribution is 5.27. The van der Waals surface area contributed by atoms with E-state index in [2.05, 4.69) is 89.7 Å². The molecule has 2 rings (SSSR count). The van der Waals surface area contributed by atoms with Crippen molar-refractivity contribution >= 4 is 0 Å². The number of benzene rings is 2. The Kier molecular flexibility index (Phi) is 5.72. The molecule has 0 nitrogen and oxygen atoms in total. The van der Waals surface area contributed by atoms with E-state index in [1.165, 1.54) is 24.7 Å². The van der Waals surface area contributed by atoms with E-state index >= 15 is 0 Å². The molecule has 0 saturated carbocycles. The van der Waals surface area contributed by atoms with E-state index in [1.54, 1.807) is 0 Å². The zero-order valence-corrected chi connectivity index (χ0v) is 17.1. The summed E-state index contributed by atoms with van der Waals surface area (Å²) in [5.74, 6) is 0. The molecule has 0 atom stereocenters. The summed E-state index contributed by atoms with van der Waals surface area (Å²) < 4.78 is 2.95. The Hall–Kier alpha value is -1.09. The van der Waals surface area contributed by atoms with Gasteiger partial charge < -0.3 is 0 Å². The van der Waals surface area contributed by atoms with Gasteiger partial charge in [-0.15, -0.1) is 6.58 Å². The molecular weight excluding hydrogens is 391 g/mol. The number of hydrogen-bond donors (Lipinski definition) is 0. The first-order valence-electron chi connectivity index (χ1n) is 8.28. The SMILES string of the molecule is C=CC(C)(C)c1ccc([I+]c2ccc(C(C)(C)CC)cc2)cc1. The van der Waals surface area contributed by atoms with Crippen LogP contribution in [0.1, 0.15) is 52.2 Å². The van der Waals surface area contributed by atoms with Crippen molar-refractivity contribution in [3.05, 3.63) is 79.5 Å². The van der Waals surface area contributed by atoms with E-state index in [9.17, 15) is 0 Å². The molecule has 0 unspecified atom stereocenters. The Morgan fingerprint density at radius 3 is 1.65 bits per heavy atom. The van der Waals surface area contributed by atoms with Crippen LogP contribution in [0.3, 0.4) is 0 Å². The normalized spacial score (nSPS) is 12.2. The largest absolute Gasteiger partial charge is 0.357 e. The molecule has 0 radical (unpaired) electrons. The standard InChI is InChI=1S/C22H28I/c1-7-21(3,4)17-9-13-19(14-10-17)23-20-15-11-18(12-16-20)22(5,6)8-2/h7,9-16H,1,8H2,2-6H3/q+1. The second kappa shape index (κ2) is 7.21. The Labute approximate surface area is 152 Å². The van der Waals surface area contributed by atoms with Gasteiger partial charge in [0.05, 0.1) is 0 Å². The van der Waals surface area contributed by atoms with Crippen molar-refractivity contribution in [1.29, 1.82) is 0 Å². The Morgan fingerprint density at radius 2 is 1.26 bits per heavy atom. The van der Waals surface area contributed by atoms with Gasteiger partial charge in [0.1, 0.15) is 0 Å². The molecule has 23 heavy (non-hydrogen) atoms. The molecule has 2 aromatic rings. The van der Waals surface area contributed by atoms with Gasteiger partial charge in [0.15, 0.2) is 7.14 Å². The van der Waals surface area contributed by atoms with E-state index < -0.39 is 0 Å². The second-order valence-corrected chi connectivity index (χ2v) is 10.3. The molecule has 0 amide bonds. The maximum atomic E-state index is 3.94. The van der Waals surface area contributed by atoms with Crippen molar-refractivity contribution in [2.75, 3.05) is 0 Å². The maximum absolute atomic E-state index is 3.94. The number of allylic oxidation sites excluding steroid dienone is 1. The van der Waals surface area contributed by atoms with Crippen LogP contribution in [0.15, 0.2) is 61.2 Å². The summed E-state index contributed by atoms with van der Waals surface area (Å²) in [6, 6.07) is 18.4. The van der Waals surface area contributed by atoms with Crippen LogP contribution in [-0.4, -0.2) is 0 Å². The molecule has 2 aromatic carbocycles. The molecule has 1 heteroatoms. The highest BCUT2D eigenvalue weighted by atomic mass is 127. The maximum Gasteiger partial charge on any atom is 0.357 e. The van der Waals surface area contributed by atoms with E-state index in [0.717, 1.165) is 0 Å². The lowest BCUT2D eigenvalue weighted by atomic mass is 9.82. The molecule has 0 fully saturated rings. The Balaban J connectivity index is 2.12. The van der Waals surface area contributed by atoms with Crippen molar-refractivity contribution in [3.63, 3.8) is 0 Å². The quantitative estimate of drug-likeness (QED) is 0.499. The van der Waals surface area contributed by atoms with Gasteiger partial charge in [0.25, 0.3) is 0 Å². The van der Waals surface area contributed by atoms with Crippen molar-refractivity contribution in [1.82, 2.24) is 0 Å². The highest BCUT2D eigenvalue weighted by Crippen LogP contribution is 2.26. The average molecular weight is 419 g/mol. The molecule has 0 aliphatic heterocycles. The molecular formula is C22H28I+. The van der Waals surface area contributed by atoms with Crippen LogP contribution >= 0.6 is 0 Å². The minimum absolute atomic E-state index is 0.0459. The van der Waals surface area contributed by atoms with E-state index in [-0.39, 0.29) is 32.0 Å². The highest BCUT2D eigenvalue weighted by Gasteiger charge is 2.22. The minimum atomic E-state index is -0.105. The lowest BCUT2D eigenvalue weighted by molar-refractivity contribution is -0.597. The van der Waals surface area contributed by atoms with Crippen LogP contribution in [0, 0.1) is 7.14 Å². The topological polar surface area (TPSA) is 0 Å². The molecule has 0 spiro atoms. The molecule has 0 aliphatic rings. The zero-order valence-electron chi connectivity index (χ0n) is 15.0. The van der Waals surface area contributed by atoms with Crippen molar-refractivity contribution in [2.24, 2.45) is 0 Å². The summed E-state index contributed by atoms with van der Waals surface area (Å²) in [7, 11) is 0. The van der Waals surface area contributed by atoms with Gasteiger partial charge in [-0.2, -0.15) is 0 Å². The van der Waals surface area contributed by atoms with E-state index in [1.807, 2.05) is 6.08 Å². The summed E-state index contributed by atoms with van der Waals surface area (Å²) in [4.78, 5) is 0. The fourth-order valence-corrected chi connectivity index (χ4v) is 4.51. The van der Waals surface area contributed by atoms with Gasteiger partial charge in [0.2, 0.25) is 0 Å². The smallest absolute Gasteiger partial charge is 0.102 e. The molecule has 0 aromatic heterocycles. The Bertz CT molecular complexity index is 645. The van der Waals surface area contributed by atoms with Crippen molar-refractivity contribution in [3.8, 4) is 0 Å². The van der Waals surface area contributed by atoms with Crippen LogP contribution in [0.25, 0.3) is 0 Å². The average Bonchev–Trinajstić information content (AvgIpc) is 2.56. The van der Waals surface area contributed by atoms with Crippen LogP contribution in [0.4, 0.5) is 0 Å². The van der Waals surface area contributed by atoms with Crippen LogP contribution in [-0.2, 0) is 10.8 Å². The fourth-order valence-electron chi connectivity index (χ4n) is 2.35.